The molecule has 4 aromatic rings. The average Bonchev–Trinajstić information content (AvgIpc) is 3.15. The summed E-state index contributed by atoms with van der Waals surface area (Å²) < 4.78 is 8.50. The molecule has 0 saturated heterocycles. The topological polar surface area (TPSA) is 79.0 Å². The molecule has 0 spiro atoms. The molecule has 0 fully saturated rings. The summed E-state index contributed by atoms with van der Waals surface area (Å²) in [5.41, 5.74) is 2.09. The lowest BCUT2D eigenvalue weighted by Crippen LogP contribution is -2.22. The van der Waals surface area contributed by atoms with Crippen LogP contribution < -0.4 is 5.56 Å². The maximum absolute atomic E-state index is 13.0. The third-order valence-corrected chi connectivity index (χ3v) is 6.04. The molecule has 0 atom stereocenters. The molecular formula is C19H17ClN4O3S. The first kappa shape index (κ1) is 18.6. The molecule has 7 nitrogen and oxygen atoms in total. The molecule has 0 unspecified atom stereocenters. The first-order chi connectivity index (χ1) is 13.4. The van der Waals surface area contributed by atoms with Crippen LogP contribution in [0.2, 0.25) is 5.02 Å². The lowest BCUT2D eigenvalue weighted by Gasteiger charge is -2.06. The number of nitrogens with zero attached hydrogens (tertiary/aromatic N) is 4. The van der Waals surface area contributed by atoms with E-state index < -0.39 is 5.97 Å². The first-order valence-corrected chi connectivity index (χ1v) is 9.86. The maximum atomic E-state index is 13.0. The Balaban J connectivity index is 1.79. The van der Waals surface area contributed by atoms with E-state index in [1.165, 1.54) is 22.2 Å². The number of esters is 1. The summed E-state index contributed by atoms with van der Waals surface area (Å²) in [4.78, 5) is 35.1. The first-order valence-electron chi connectivity index (χ1n) is 8.67. The van der Waals surface area contributed by atoms with E-state index in [0.29, 0.717) is 31.5 Å². The summed E-state index contributed by atoms with van der Waals surface area (Å²) in [6.07, 6.45) is 1.49. The van der Waals surface area contributed by atoms with Gasteiger partial charge in [0, 0.05) is 12.1 Å². The highest BCUT2D eigenvalue weighted by Gasteiger charge is 2.21. The molecule has 0 saturated carbocycles. The van der Waals surface area contributed by atoms with Gasteiger partial charge in [-0.1, -0.05) is 11.6 Å². The van der Waals surface area contributed by atoms with Gasteiger partial charge in [0.05, 0.1) is 35.9 Å². The summed E-state index contributed by atoms with van der Waals surface area (Å²) in [5, 5.41) is 1.05. The van der Waals surface area contributed by atoms with Gasteiger partial charge >= 0.3 is 5.97 Å². The second-order valence-corrected chi connectivity index (χ2v) is 7.79. The molecule has 3 heterocycles. The van der Waals surface area contributed by atoms with Crippen molar-refractivity contribution < 1.29 is 9.53 Å². The van der Waals surface area contributed by atoms with E-state index in [1.54, 1.807) is 26.0 Å². The second kappa shape index (κ2) is 7.03. The van der Waals surface area contributed by atoms with Gasteiger partial charge in [0.2, 0.25) is 0 Å². The predicted octanol–water partition coefficient (Wildman–Crippen LogP) is 3.53. The molecule has 0 aliphatic heterocycles. The van der Waals surface area contributed by atoms with Gasteiger partial charge in [-0.3, -0.25) is 9.36 Å². The van der Waals surface area contributed by atoms with Gasteiger partial charge in [0.1, 0.15) is 15.5 Å². The number of ether oxygens (including phenoxy) is 1. The molecule has 9 heteroatoms. The van der Waals surface area contributed by atoms with Crippen molar-refractivity contribution in [3.63, 3.8) is 0 Å². The van der Waals surface area contributed by atoms with Crippen molar-refractivity contribution in [3.8, 4) is 0 Å². The molecule has 4 rings (SSSR count). The number of fused-ring (bicyclic) bond motifs is 2. The highest BCUT2D eigenvalue weighted by atomic mass is 35.5. The fourth-order valence-electron chi connectivity index (χ4n) is 3.18. The number of imidazole rings is 1. The van der Waals surface area contributed by atoms with Crippen molar-refractivity contribution in [2.45, 2.75) is 20.4 Å². The largest absolute Gasteiger partial charge is 0.462 e. The lowest BCUT2D eigenvalue weighted by atomic mass is 10.2. The monoisotopic (exact) mass is 416 g/mol. The van der Waals surface area contributed by atoms with Crippen LogP contribution in [-0.4, -0.2) is 31.7 Å². The molecule has 0 N–H and O–H groups in total. The highest BCUT2D eigenvalue weighted by molar-refractivity contribution is 7.20. The Bertz CT molecular complexity index is 1290. The Labute approximate surface area is 169 Å². The lowest BCUT2D eigenvalue weighted by molar-refractivity contribution is 0.0531. The summed E-state index contributed by atoms with van der Waals surface area (Å²) in [5.74, 6) is 0.278. The second-order valence-electron chi connectivity index (χ2n) is 6.35. The number of carbonyl (C=O) groups excluding carboxylic acids is 1. The third kappa shape index (κ3) is 2.98. The van der Waals surface area contributed by atoms with Gasteiger partial charge in [-0.25, -0.2) is 14.8 Å². The molecule has 144 valence electrons. The molecule has 0 radical (unpaired) electrons. The Morgan fingerprint density at radius 2 is 2.14 bits per heavy atom. The molecule has 0 aliphatic rings. The van der Waals surface area contributed by atoms with Gasteiger partial charge < -0.3 is 9.30 Å². The Morgan fingerprint density at radius 1 is 1.36 bits per heavy atom. The Hall–Kier alpha value is -2.71. The van der Waals surface area contributed by atoms with E-state index in [2.05, 4.69) is 9.97 Å². The van der Waals surface area contributed by atoms with Gasteiger partial charge in [-0.2, -0.15) is 0 Å². The van der Waals surface area contributed by atoms with E-state index in [-0.39, 0.29) is 18.7 Å². The predicted molar refractivity (Wildman–Crippen MR) is 109 cm³/mol. The standard InChI is InChI=1S/C19H17ClN4O3S/c1-4-27-19(26)16-10(2)15-17(28-16)21-9-24(18(15)25)8-14-22-12-7-11(20)5-6-13(12)23(14)3/h5-7,9H,4,8H2,1-3H3. The number of hydrogen-bond donors (Lipinski definition) is 0. The molecule has 28 heavy (non-hydrogen) atoms. The quantitative estimate of drug-likeness (QED) is 0.475. The van der Waals surface area contributed by atoms with Gasteiger partial charge in [-0.05, 0) is 37.6 Å². The number of carbonyl (C=O) groups is 1. The number of aromatic nitrogens is 4. The van der Waals surface area contributed by atoms with Crippen molar-refractivity contribution in [3.05, 3.63) is 56.2 Å². The van der Waals surface area contributed by atoms with Gasteiger partial charge in [-0.15, -0.1) is 11.3 Å². The van der Waals surface area contributed by atoms with Crippen LogP contribution in [0.5, 0.6) is 0 Å². The van der Waals surface area contributed by atoms with Crippen LogP contribution in [0.4, 0.5) is 0 Å². The minimum Gasteiger partial charge on any atom is -0.462 e. The number of rotatable bonds is 4. The summed E-state index contributed by atoms with van der Waals surface area (Å²) in [6.45, 7) is 4.03. The van der Waals surface area contributed by atoms with Crippen molar-refractivity contribution in [1.82, 2.24) is 19.1 Å². The molecule has 1 aromatic carbocycles. The summed E-state index contributed by atoms with van der Waals surface area (Å²) in [6, 6.07) is 5.49. The van der Waals surface area contributed by atoms with Gasteiger partial charge in [0.25, 0.3) is 5.56 Å². The Kier molecular flexibility index (Phi) is 4.68. The molecular weight excluding hydrogens is 400 g/mol. The molecule has 3 aromatic heterocycles. The fourth-order valence-corrected chi connectivity index (χ4v) is 4.38. The van der Waals surface area contributed by atoms with E-state index in [1.807, 2.05) is 17.7 Å². The molecule has 0 bridgehead atoms. The van der Waals surface area contributed by atoms with Crippen molar-refractivity contribution in [2.24, 2.45) is 7.05 Å². The van der Waals surface area contributed by atoms with Crippen LogP contribution in [0.25, 0.3) is 21.3 Å². The summed E-state index contributed by atoms with van der Waals surface area (Å²) in [7, 11) is 1.89. The maximum Gasteiger partial charge on any atom is 0.348 e. The zero-order chi connectivity index (χ0) is 20.0. The summed E-state index contributed by atoms with van der Waals surface area (Å²) >= 11 is 7.22. The van der Waals surface area contributed by atoms with Crippen LogP contribution in [0, 0.1) is 6.92 Å². The van der Waals surface area contributed by atoms with Crippen LogP contribution in [0.1, 0.15) is 28.0 Å². The smallest absolute Gasteiger partial charge is 0.348 e. The molecule has 0 amide bonds. The normalized spacial score (nSPS) is 11.4. The number of benzene rings is 1. The van der Waals surface area contributed by atoms with E-state index in [4.69, 9.17) is 16.3 Å². The molecule has 0 aliphatic carbocycles. The SMILES string of the molecule is CCOC(=O)c1sc2ncn(Cc3nc4cc(Cl)ccc4n3C)c(=O)c2c1C. The highest BCUT2D eigenvalue weighted by Crippen LogP contribution is 2.27. The van der Waals surface area contributed by atoms with Crippen molar-refractivity contribution in [1.29, 1.82) is 0 Å². The average molecular weight is 417 g/mol. The number of halogens is 1. The minimum absolute atomic E-state index is 0.209. The zero-order valence-corrected chi connectivity index (χ0v) is 17.1. The number of hydrogen-bond acceptors (Lipinski definition) is 6. The van der Waals surface area contributed by atoms with E-state index in [0.717, 1.165) is 11.0 Å². The Morgan fingerprint density at radius 3 is 2.89 bits per heavy atom. The number of thiophene rings is 1. The van der Waals surface area contributed by atoms with Crippen LogP contribution in [0.3, 0.4) is 0 Å². The van der Waals surface area contributed by atoms with E-state index in [9.17, 15) is 9.59 Å². The minimum atomic E-state index is -0.429. The van der Waals surface area contributed by atoms with Crippen LogP contribution in [0.15, 0.2) is 29.3 Å². The van der Waals surface area contributed by atoms with Gasteiger partial charge in [0.15, 0.2) is 0 Å². The van der Waals surface area contributed by atoms with Crippen molar-refractivity contribution >= 4 is 50.2 Å². The number of aryl methyl sites for hydroxylation is 2. The fraction of sp³-hybridized carbons (Fsp3) is 0.263. The van der Waals surface area contributed by atoms with Crippen LogP contribution >= 0.6 is 22.9 Å². The van der Waals surface area contributed by atoms with Crippen LogP contribution in [-0.2, 0) is 18.3 Å². The van der Waals surface area contributed by atoms with E-state index >= 15 is 0 Å². The zero-order valence-electron chi connectivity index (χ0n) is 15.5. The third-order valence-electron chi connectivity index (χ3n) is 4.63. The van der Waals surface area contributed by atoms with Crippen molar-refractivity contribution in [2.75, 3.05) is 6.61 Å².